The van der Waals surface area contributed by atoms with Gasteiger partial charge in [0.2, 0.25) is 0 Å². The molecule has 4 aromatic carbocycles. The quantitative estimate of drug-likeness (QED) is 0.155. The van der Waals surface area contributed by atoms with E-state index in [1.807, 2.05) is 48.6 Å². The molecule has 270 valence electrons. The molecule has 0 aliphatic carbocycles. The topological polar surface area (TPSA) is 129 Å². The number of furan rings is 1. The summed E-state index contributed by atoms with van der Waals surface area (Å²) in [4.78, 5) is 37.8. The van der Waals surface area contributed by atoms with Crippen LogP contribution >= 0.6 is 0 Å². The van der Waals surface area contributed by atoms with Gasteiger partial charge >= 0.3 is 11.9 Å². The Labute approximate surface area is 321 Å². The zero-order valence-corrected chi connectivity index (χ0v) is 30.4. The molecule has 0 amide bonds. The van der Waals surface area contributed by atoms with Gasteiger partial charge in [0.05, 0.1) is 45.0 Å². The van der Waals surface area contributed by atoms with Crippen LogP contribution in [0.4, 0.5) is 0 Å². The Hall–Kier alpha value is -7.58. The number of rotatable bonds is 6. The molecule has 7 aromatic rings. The van der Waals surface area contributed by atoms with E-state index in [9.17, 15) is 19.8 Å². The number of hydrogen-bond acceptors (Lipinski definition) is 5. The SMILES string of the molecule is Cc1ccc(-c2c3nc(c(-c4ccc(C(=O)O)cc4)c4ccc([nH]4)c(-c4ccc(C(=O)O)cc4)c4nc(c(-c5ccc(C)cc5)c5ccc2o5)C=C4)C=C3)cc1. The molecule has 3 N–H and O–H groups in total. The summed E-state index contributed by atoms with van der Waals surface area (Å²) in [6.45, 7) is 4.10. The molecule has 0 spiro atoms. The molecule has 0 fully saturated rings. The van der Waals surface area contributed by atoms with E-state index in [0.29, 0.717) is 33.9 Å². The number of carbonyl (C=O) groups is 2. The Morgan fingerprint density at radius 2 is 0.768 bits per heavy atom. The summed E-state index contributed by atoms with van der Waals surface area (Å²) >= 11 is 0. The lowest BCUT2D eigenvalue weighted by Crippen LogP contribution is -1.95. The molecule has 5 heterocycles. The van der Waals surface area contributed by atoms with E-state index in [1.165, 1.54) is 0 Å². The summed E-state index contributed by atoms with van der Waals surface area (Å²) in [7, 11) is 0. The predicted molar refractivity (Wildman–Crippen MR) is 222 cm³/mol. The monoisotopic (exact) mass is 731 g/mol. The van der Waals surface area contributed by atoms with Gasteiger partial charge in [-0.2, -0.15) is 0 Å². The second kappa shape index (κ2) is 13.7. The van der Waals surface area contributed by atoms with E-state index in [2.05, 4.69) is 67.4 Å². The highest BCUT2D eigenvalue weighted by molar-refractivity contribution is 6.00. The molecule has 0 unspecified atom stereocenters. The first-order valence-electron chi connectivity index (χ1n) is 18.1. The highest BCUT2D eigenvalue weighted by atomic mass is 16.4. The van der Waals surface area contributed by atoms with Gasteiger partial charge in [0, 0.05) is 22.2 Å². The molecule has 0 atom stereocenters. The van der Waals surface area contributed by atoms with Crippen molar-refractivity contribution in [3.8, 4) is 44.5 Å². The van der Waals surface area contributed by atoms with E-state index >= 15 is 0 Å². The summed E-state index contributed by atoms with van der Waals surface area (Å²) in [6, 6.07) is 38.0. The van der Waals surface area contributed by atoms with Crippen LogP contribution < -0.4 is 0 Å². The van der Waals surface area contributed by atoms with Crippen molar-refractivity contribution in [1.29, 1.82) is 0 Å². The van der Waals surface area contributed by atoms with Crippen molar-refractivity contribution < 1.29 is 24.2 Å². The molecule has 8 nitrogen and oxygen atoms in total. The molecule has 8 bridgehead atoms. The fourth-order valence-electron chi connectivity index (χ4n) is 7.29. The molecule has 56 heavy (non-hydrogen) atoms. The van der Waals surface area contributed by atoms with Crippen molar-refractivity contribution in [2.24, 2.45) is 0 Å². The maximum absolute atomic E-state index is 11.8. The summed E-state index contributed by atoms with van der Waals surface area (Å²) < 4.78 is 6.85. The number of fused-ring (bicyclic) bond motifs is 8. The van der Waals surface area contributed by atoms with Crippen molar-refractivity contribution >= 4 is 58.4 Å². The Morgan fingerprint density at radius 3 is 1.12 bits per heavy atom. The number of hydrogen-bond donors (Lipinski definition) is 3. The van der Waals surface area contributed by atoms with Gasteiger partial charge in [0.25, 0.3) is 0 Å². The van der Waals surface area contributed by atoms with Gasteiger partial charge in [-0.15, -0.1) is 0 Å². The van der Waals surface area contributed by atoms with Crippen molar-refractivity contribution in [3.63, 3.8) is 0 Å². The van der Waals surface area contributed by atoms with Crippen LogP contribution in [0.15, 0.2) is 126 Å². The van der Waals surface area contributed by atoms with Crippen molar-refractivity contribution in [2.75, 3.05) is 0 Å². The fraction of sp³-hybridized carbons (Fsp3) is 0.0417. The minimum atomic E-state index is -1.01. The van der Waals surface area contributed by atoms with Gasteiger partial charge in [-0.1, -0.05) is 83.9 Å². The van der Waals surface area contributed by atoms with Crippen LogP contribution in [0, 0.1) is 13.8 Å². The summed E-state index contributed by atoms with van der Waals surface area (Å²) in [5.74, 6) is -2.02. The number of H-pyrrole nitrogens is 1. The normalized spacial score (nSPS) is 11.9. The highest BCUT2D eigenvalue weighted by Crippen LogP contribution is 2.39. The van der Waals surface area contributed by atoms with Gasteiger partial charge < -0.3 is 19.6 Å². The fourth-order valence-corrected chi connectivity index (χ4v) is 7.29. The lowest BCUT2D eigenvalue weighted by molar-refractivity contribution is 0.0686. The van der Waals surface area contributed by atoms with Gasteiger partial charge in [-0.05, 0) is 109 Å². The summed E-state index contributed by atoms with van der Waals surface area (Å²) in [6.07, 6.45) is 7.90. The number of carboxylic acid groups (broad SMARTS) is 2. The van der Waals surface area contributed by atoms with Crippen LogP contribution in [0.2, 0.25) is 0 Å². The second-order valence-corrected chi connectivity index (χ2v) is 13.9. The third kappa shape index (κ3) is 6.19. The van der Waals surface area contributed by atoms with E-state index in [-0.39, 0.29) is 11.1 Å². The maximum atomic E-state index is 11.8. The van der Waals surface area contributed by atoms with Crippen LogP contribution in [0.25, 0.3) is 91.0 Å². The van der Waals surface area contributed by atoms with E-state index < -0.39 is 11.9 Å². The predicted octanol–water partition coefficient (Wildman–Crippen LogP) is 11.6. The molecule has 3 aromatic heterocycles. The third-order valence-corrected chi connectivity index (χ3v) is 10.1. The molecule has 9 rings (SSSR count). The molecule has 0 saturated carbocycles. The van der Waals surface area contributed by atoms with Crippen LogP contribution in [0.5, 0.6) is 0 Å². The molecule has 8 heteroatoms. The maximum Gasteiger partial charge on any atom is 0.335 e. The second-order valence-electron chi connectivity index (χ2n) is 13.9. The third-order valence-electron chi connectivity index (χ3n) is 10.1. The molecule has 0 radical (unpaired) electrons. The largest absolute Gasteiger partial charge is 0.478 e. The smallest absolute Gasteiger partial charge is 0.335 e. The van der Waals surface area contributed by atoms with Crippen molar-refractivity contribution in [3.05, 3.63) is 166 Å². The molecular weight excluding hydrogens is 699 g/mol. The first kappa shape index (κ1) is 34.2. The molecular formula is C48H33N3O5. The van der Waals surface area contributed by atoms with E-state index in [4.69, 9.17) is 14.4 Å². The average Bonchev–Trinajstić information content (AvgIpc) is 4.05. The van der Waals surface area contributed by atoms with Gasteiger partial charge in [0.15, 0.2) is 0 Å². The summed E-state index contributed by atoms with van der Waals surface area (Å²) in [5.41, 5.74) is 14.7. The minimum absolute atomic E-state index is 0.176. The molecule has 0 saturated heterocycles. The first-order chi connectivity index (χ1) is 27.2. The Balaban J connectivity index is 1.44. The molecule has 2 aliphatic heterocycles. The minimum Gasteiger partial charge on any atom is -0.478 e. The number of aromatic carboxylic acids is 2. The number of aromatic nitrogens is 3. The number of aromatic amines is 1. The Morgan fingerprint density at radius 1 is 0.446 bits per heavy atom. The van der Waals surface area contributed by atoms with Gasteiger partial charge in [0.1, 0.15) is 11.2 Å². The van der Waals surface area contributed by atoms with E-state index in [1.54, 1.807) is 48.5 Å². The number of nitrogens with one attached hydrogen (secondary N) is 1. The lowest BCUT2D eigenvalue weighted by Gasteiger charge is -2.07. The van der Waals surface area contributed by atoms with Crippen LogP contribution in [0.3, 0.4) is 0 Å². The van der Waals surface area contributed by atoms with Crippen LogP contribution in [0.1, 0.15) is 54.6 Å². The molecule has 2 aliphatic rings. The zero-order chi connectivity index (χ0) is 38.5. The van der Waals surface area contributed by atoms with Crippen LogP contribution in [-0.4, -0.2) is 37.1 Å². The Kier molecular flexibility index (Phi) is 8.36. The zero-order valence-electron chi connectivity index (χ0n) is 30.4. The van der Waals surface area contributed by atoms with Crippen LogP contribution in [-0.2, 0) is 0 Å². The Bertz CT molecular complexity index is 2750. The number of carboxylic acids is 2. The summed E-state index contributed by atoms with van der Waals surface area (Å²) in [5, 5.41) is 19.3. The highest BCUT2D eigenvalue weighted by Gasteiger charge is 2.20. The van der Waals surface area contributed by atoms with E-state index in [0.717, 1.165) is 66.7 Å². The van der Waals surface area contributed by atoms with Gasteiger partial charge in [-0.3, -0.25) is 0 Å². The van der Waals surface area contributed by atoms with Crippen molar-refractivity contribution in [1.82, 2.24) is 15.0 Å². The number of aryl methyl sites for hydroxylation is 2. The van der Waals surface area contributed by atoms with Crippen molar-refractivity contribution in [2.45, 2.75) is 13.8 Å². The lowest BCUT2D eigenvalue weighted by atomic mass is 10.0. The standard InChI is InChI=1S/C48H33N3O5/c1-27-3-7-31(8-4-27)45-39-23-21-37(50-39)43(29-11-15-33(16-12-29)47(52)53)35-19-20-36(49-35)44(30-13-17-34(18-14-30)48(54)55)38-22-24-40(51-38)46(42-26-25-41(45)56-42)32-9-5-28(2)6-10-32/h3-26,49H,1-2H3,(H,52,53)(H,54,55). The van der Waals surface area contributed by atoms with Gasteiger partial charge in [-0.25, -0.2) is 19.6 Å². The number of nitrogens with zero attached hydrogens (tertiary/aromatic N) is 2. The first-order valence-corrected chi connectivity index (χ1v) is 18.1. The number of benzene rings is 4. The average molecular weight is 732 g/mol.